The molecule has 64 valence electrons. The third kappa shape index (κ3) is 2.76. The monoisotopic (exact) mass is 157 g/mol. The molecule has 1 atom stereocenters. The molecule has 1 unspecified atom stereocenters. The molecule has 0 fully saturated rings. The van der Waals surface area contributed by atoms with Gasteiger partial charge in [-0.3, -0.25) is 4.99 Å². The molecule has 0 saturated heterocycles. The predicted molar refractivity (Wildman–Crippen MR) is 44.6 cm³/mol. The minimum absolute atomic E-state index is 0.264. The topological polar surface area (TPSA) is 56.6 Å². The van der Waals surface area contributed by atoms with Crippen LogP contribution in [0.1, 0.15) is 13.3 Å². The largest absolute Gasteiger partial charge is 0.391 e. The van der Waals surface area contributed by atoms with Crippen LogP contribution in [0.2, 0.25) is 0 Å². The summed E-state index contributed by atoms with van der Waals surface area (Å²) in [5.41, 5.74) is 0. The molecule has 0 aliphatic carbocycles. The Morgan fingerprint density at radius 3 is 3.18 bits per heavy atom. The second-order valence-corrected chi connectivity index (χ2v) is 2.60. The van der Waals surface area contributed by atoms with E-state index in [-0.39, 0.29) is 6.10 Å². The Hall–Kier alpha value is -0.770. The van der Waals surface area contributed by atoms with Gasteiger partial charge in [0.2, 0.25) is 0 Å². The number of aliphatic hydroxyl groups is 1. The lowest BCUT2D eigenvalue weighted by Gasteiger charge is -2.09. The highest BCUT2D eigenvalue weighted by Crippen LogP contribution is 1.87. The van der Waals surface area contributed by atoms with Gasteiger partial charge >= 0.3 is 0 Å². The number of nitrogens with zero attached hydrogens (tertiary/aromatic N) is 1. The zero-order valence-electron chi connectivity index (χ0n) is 6.80. The smallest absolute Gasteiger partial charge is 0.191 e. The summed E-state index contributed by atoms with van der Waals surface area (Å²) in [6.07, 6.45) is 0.514. The molecule has 3 N–H and O–H groups in total. The van der Waals surface area contributed by atoms with E-state index < -0.39 is 0 Å². The molecule has 1 aliphatic heterocycles. The van der Waals surface area contributed by atoms with Gasteiger partial charge in [0, 0.05) is 13.1 Å². The van der Waals surface area contributed by atoms with E-state index in [0.29, 0.717) is 6.54 Å². The molecule has 11 heavy (non-hydrogen) atoms. The molecular formula is C7H15N3O. The molecule has 1 aliphatic rings. The van der Waals surface area contributed by atoms with E-state index in [1.165, 1.54) is 0 Å². The summed E-state index contributed by atoms with van der Waals surface area (Å²) in [4.78, 5) is 4.13. The van der Waals surface area contributed by atoms with Crippen molar-refractivity contribution < 1.29 is 5.11 Å². The number of guanidine groups is 1. The number of rotatable bonds is 3. The van der Waals surface area contributed by atoms with Gasteiger partial charge in [-0.05, 0) is 6.42 Å². The lowest BCUT2D eigenvalue weighted by molar-refractivity contribution is 0.173. The number of hydrogen-bond donors (Lipinski definition) is 3. The predicted octanol–water partition coefficient (Wildman–Crippen LogP) is -0.694. The van der Waals surface area contributed by atoms with Gasteiger partial charge < -0.3 is 15.7 Å². The molecule has 0 amide bonds. The molecular weight excluding hydrogens is 142 g/mol. The fraction of sp³-hybridized carbons (Fsp3) is 0.857. The zero-order valence-corrected chi connectivity index (χ0v) is 6.80. The number of nitrogens with one attached hydrogen (secondary N) is 2. The van der Waals surface area contributed by atoms with E-state index in [0.717, 1.165) is 25.5 Å². The first kappa shape index (κ1) is 8.33. The van der Waals surface area contributed by atoms with Gasteiger partial charge in [0.1, 0.15) is 0 Å². The van der Waals surface area contributed by atoms with E-state index in [4.69, 9.17) is 0 Å². The molecule has 0 aromatic rings. The maximum atomic E-state index is 9.17. The second-order valence-electron chi connectivity index (χ2n) is 2.60. The van der Waals surface area contributed by atoms with Crippen LogP contribution in [0.4, 0.5) is 0 Å². The lowest BCUT2D eigenvalue weighted by atomic mass is 10.3. The molecule has 1 heterocycles. The van der Waals surface area contributed by atoms with Gasteiger partial charge in [-0.1, -0.05) is 6.92 Å². The molecule has 4 nitrogen and oxygen atoms in total. The van der Waals surface area contributed by atoms with E-state index in [2.05, 4.69) is 15.6 Å². The maximum Gasteiger partial charge on any atom is 0.191 e. The number of hydrogen-bond acceptors (Lipinski definition) is 4. The van der Waals surface area contributed by atoms with Crippen LogP contribution in [0.25, 0.3) is 0 Å². The Balaban J connectivity index is 2.11. The summed E-state index contributed by atoms with van der Waals surface area (Å²) in [7, 11) is 0. The average Bonchev–Trinajstić information content (AvgIpc) is 2.52. The van der Waals surface area contributed by atoms with Crippen LogP contribution in [0.15, 0.2) is 4.99 Å². The van der Waals surface area contributed by atoms with Crippen LogP contribution in [0.3, 0.4) is 0 Å². The van der Waals surface area contributed by atoms with E-state index in [1.54, 1.807) is 0 Å². The Labute approximate surface area is 66.7 Å². The maximum absolute atomic E-state index is 9.17. The summed E-state index contributed by atoms with van der Waals surface area (Å²) >= 11 is 0. The summed E-state index contributed by atoms with van der Waals surface area (Å²) < 4.78 is 0. The third-order valence-electron chi connectivity index (χ3n) is 1.65. The second kappa shape index (κ2) is 4.18. The first-order valence-electron chi connectivity index (χ1n) is 4.03. The Bertz CT molecular complexity index is 147. The van der Waals surface area contributed by atoms with Crippen molar-refractivity contribution in [1.82, 2.24) is 10.6 Å². The zero-order chi connectivity index (χ0) is 8.10. The SMILES string of the molecule is CCC(O)CNC1=NCCN1. The molecule has 0 aromatic carbocycles. The minimum Gasteiger partial charge on any atom is -0.391 e. The van der Waals surface area contributed by atoms with Gasteiger partial charge in [0.25, 0.3) is 0 Å². The normalized spacial score (nSPS) is 18.9. The fourth-order valence-electron chi connectivity index (χ4n) is 0.875. The summed E-state index contributed by atoms with van der Waals surface area (Å²) in [6, 6.07) is 0. The van der Waals surface area contributed by atoms with Crippen molar-refractivity contribution in [1.29, 1.82) is 0 Å². The van der Waals surface area contributed by atoms with E-state index >= 15 is 0 Å². The van der Waals surface area contributed by atoms with Crippen LogP contribution in [-0.4, -0.2) is 36.8 Å². The number of aliphatic imine (C=N–C) groups is 1. The number of aliphatic hydroxyl groups excluding tert-OH is 1. The molecule has 0 bridgehead atoms. The van der Waals surface area contributed by atoms with Crippen LogP contribution in [0, 0.1) is 0 Å². The summed E-state index contributed by atoms with van der Waals surface area (Å²) in [5.74, 6) is 0.817. The van der Waals surface area contributed by atoms with Crippen LogP contribution >= 0.6 is 0 Å². The highest BCUT2D eigenvalue weighted by atomic mass is 16.3. The first-order valence-corrected chi connectivity index (χ1v) is 4.03. The van der Waals surface area contributed by atoms with Crippen LogP contribution < -0.4 is 10.6 Å². The van der Waals surface area contributed by atoms with Gasteiger partial charge in [-0.25, -0.2) is 0 Å². The van der Waals surface area contributed by atoms with Crippen LogP contribution in [0.5, 0.6) is 0 Å². The Kier molecular flexibility index (Phi) is 3.16. The van der Waals surface area contributed by atoms with Crippen molar-refractivity contribution in [3.63, 3.8) is 0 Å². The lowest BCUT2D eigenvalue weighted by Crippen LogP contribution is -2.38. The summed E-state index contributed by atoms with van der Waals surface area (Å²) in [6.45, 7) is 4.29. The average molecular weight is 157 g/mol. The van der Waals surface area contributed by atoms with Crippen molar-refractivity contribution in [3.05, 3.63) is 0 Å². The van der Waals surface area contributed by atoms with Gasteiger partial charge in [-0.2, -0.15) is 0 Å². The minimum atomic E-state index is -0.264. The quantitative estimate of drug-likeness (QED) is 0.508. The Morgan fingerprint density at radius 1 is 1.82 bits per heavy atom. The third-order valence-corrected chi connectivity index (χ3v) is 1.65. The first-order chi connectivity index (χ1) is 5.33. The standard InChI is InChI=1S/C7H15N3O/c1-2-6(11)5-10-7-8-3-4-9-7/h6,11H,2-5H2,1H3,(H2,8,9,10). The van der Waals surface area contributed by atoms with E-state index in [9.17, 15) is 5.11 Å². The van der Waals surface area contributed by atoms with Gasteiger partial charge in [-0.15, -0.1) is 0 Å². The van der Waals surface area contributed by atoms with Crippen molar-refractivity contribution in [2.24, 2.45) is 4.99 Å². The van der Waals surface area contributed by atoms with Crippen molar-refractivity contribution in [3.8, 4) is 0 Å². The molecule has 4 heteroatoms. The molecule has 0 aromatic heterocycles. The molecule has 0 radical (unpaired) electrons. The van der Waals surface area contributed by atoms with Crippen molar-refractivity contribution in [2.45, 2.75) is 19.4 Å². The van der Waals surface area contributed by atoms with E-state index in [1.807, 2.05) is 6.92 Å². The molecule has 0 spiro atoms. The van der Waals surface area contributed by atoms with Crippen LogP contribution in [-0.2, 0) is 0 Å². The fourth-order valence-corrected chi connectivity index (χ4v) is 0.875. The van der Waals surface area contributed by atoms with Crippen molar-refractivity contribution >= 4 is 5.96 Å². The summed E-state index contributed by atoms with van der Waals surface area (Å²) in [5, 5.41) is 15.3. The van der Waals surface area contributed by atoms with Gasteiger partial charge in [0.15, 0.2) is 5.96 Å². The van der Waals surface area contributed by atoms with Crippen molar-refractivity contribution in [2.75, 3.05) is 19.6 Å². The molecule has 1 rings (SSSR count). The highest BCUT2D eigenvalue weighted by molar-refractivity contribution is 5.81. The molecule has 0 saturated carbocycles. The Morgan fingerprint density at radius 2 is 2.64 bits per heavy atom. The highest BCUT2D eigenvalue weighted by Gasteiger charge is 2.05. The van der Waals surface area contributed by atoms with Gasteiger partial charge in [0.05, 0.1) is 12.6 Å².